The van der Waals surface area contributed by atoms with E-state index in [1.54, 1.807) is 12.1 Å². The van der Waals surface area contributed by atoms with Crippen molar-refractivity contribution in [2.24, 2.45) is 0 Å². The molecular weight excluding hydrogens is 420 g/mol. The number of nitrogens with one attached hydrogen (secondary N) is 2. The number of carbonyl (C=O) groups is 3. The Labute approximate surface area is 185 Å². The Hall–Kier alpha value is -3.95. The van der Waals surface area contributed by atoms with Crippen molar-refractivity contribution in [3.8, 4) is 23.0 Å². The highest BCUT2D eigenvalue weighted by Crippen LogP contribution is 2.38. The Morgan fingerprint density at radius 1 is 0.844 bits per heavy atom. The molecule has 0 aliphatic carbocycles. The minimum absolute atomic E-state index is 0.186. The van der Waals surface area contributed by atoms with Crippen molar-refractivity contribution >= 4 is 17.8 Å². The molecule has 2 aromatic rings. The van der Waals surface area contributed by atoms with Crippen molar-refractivity contribution in [1.29, 1.82) is 0 Å². The Bertz CT molecular complexity index is 918. The van der Waals surface area contributed by atoms with Crippen molar-refractivity contribution in [3.05, 3.63) is 47.5 Å². The number of esters is 1. The number of hydrogen-bond donors (Lipinski definition) is 2. The smallest absolute Gasteiger partial charge is 0.338 e. The molecule has 0 aliphatic heterocycles. The summed E-state index contributed by atoms with van der Waals surface area (Å²) in [6.07, 6.45) is 0.734. The van der Waals surface area contributed by atoms with Crippen LogP contribution < -0.4 is 29.8 Å². The zero-order valence-corrected chi connectivity index (χ0v) is 18.4. The summed E-state index contributed by atoms with van der Waals surface area (Å²) in [6.45, 7) is 1.90. The second kappa shape index (κ2) is 12.0. The van der Waals surface area contributed by atoms with Crippen LogP contribution in [0.5, 0.6) is 23.0 Å². The van der Waals surface area contributed by atoms with Gasteiger partial charge in [0.1, 0.15) is 5.75 Å². The summed E-state index contributed by atoms with van der Waals surface area (Å²) in [7, 11) is 4.31. The van der Waals surface area contributed by atoms with Gasteiger partial charge >= 0.3 is 5.97 Å². The predicted octanol–water partition coefficient (Wildman–Crippen LogP) is 2.12. The summed E-state index contributed by atoms with van der Waals surface area (Å²) in [5.74, 6) is -0.283. The molecule has 0 aliphatic rings. The average molecular weight is 446 g/mol. The lowest BCUT2D eigenvalue weighted by Gasteiger charge is -2.14. The summed E-state index contributed by atoms with van der Waals surface area (Å²) in [5, 5.41) is 0. The van der Waals surface area contributed by atoms with E-state index in [0.717, 1.165) is 6.42 Å². The number of ether oxygens (including phenoxy) is 5. The fourth-order valence-electron chi connectivity index (χ4n) is 2.56. The molecule has 10 nitrogen and oxygen atoms in total. The van der Waals surface area contributed by atoms with Gasteiger partial charge in [-0.3, -0.25) is 20.4 Å². The fraction of sp³-hybridized carbons (Fsp3) is 0.318. The largest absolute Gasteiger partial charge is 0.493 e. The van der Waals surface area contributed by atoms with Crippen LogP contribution in [0.25, 0.3) is 0 Å². The van der Waals surface area contributed by atoms with Gasteiger partial charge in [0, 0.05) is 5.56 Å². The molecule has 0 unspecified atom stereocenters. The number of carbonyl (C=O) groups excluding carboxylic acids is 3. The fourth-order valence-corrected chi connectivity index (χ4v) is 2.56. The van der Waals surface area contributed by atoms with Crippen LogP contribution in [-0.4, -0.2) is 52.3 Å². The van der Waals surface area contributed by atoms with E-state index in [9.17, 15) is 14.4 Å². The van der Waals surface area contributed by atoms with Crippen LogP contribution in [-0.2, 0) is 9.53 Å². The lowest BCUT2D eigenvalue weighted by molar-refractivity contribution is -0.123. The first kappa shape index (κ1) is 24.3. The zero-order chi connectivity index (χ0) is 23.5. The summed E-state index contributed by atoms with van der Waals surface area (Å²) >= 11 is 0. The monoisotopic (exact) mass is 446 g/mol. The highest BCUT2D eigenvalue weighted by atomic mass is 16.5. The van der Waals surface area contributed by atoms with Crippen molar-refractivity contribution < 1.29 is 38.1 Å². The number of hydrazine groups is 1. The van der Waals surface area contributed by atoms with Crippen LogP contribution in [0, 0.1) is 0 Å². The summed E-state index contributed by atoms with van der Waals surface area (Å²) in [4.78, 5) is 36.1. The van der Waals surface area contributed by atoms with Gasteiger partial charge in [-0.2, -0.15) is 0 Å². The molecule has 0 saturated carbocycles. The topological polar surface area (TPSA) is 121 Å². The van der Waals surface area contributed by atoms with Gasteiger partial charge in [-0.15, -0.1) is 0 Å². The number of benzene rings is 2. The van der Waals surface area contributed by atoms with Crippen LogP contribution in [0.1, 0.15) is 34.1 Å². The van der Waals surface area contributed by atoms with Crippen molar-refractivity contribution in [1.82, 2.24) is 10.9 Å². The molecule has 0 fully saturated rings. The second-order valence-corrected chi connectivity index (χ2v) is 6.37. The van der Waals surface area contributed by atoms with Gasteiger partial charge in [-0.1, -0.05) is 6.92 Å². The predicted molar refractivity (Wildman–Crippen MR) is 114 cm³/mol. The molecule has 2 rings (SSSR count). The molecular formula is C22H26N2O8. The number of hydrogen-bond acceptors (Lipinski definition) is 8. The minimum Gasteiger partial charge on any atom is -0.493 e. The van der Waals surface area contributed by atoms with Crippen LogP contribution in [0.3, 0.4) is 0 Å². The molecule has 2 N–H and O–H groups in total. The van der Waals surface area contributed by atoms with E-state index in [-0.39, 0.29) is 12.2 Å². The molecule has 0 saturated heterocycles. The van der Waals surface area contributed by atoms with Crippen molar-refractivity contribution in [2.45, 2.75) is 13.3 Å². The van der Waals surface area contributed by atoms with Crippen molar-refractivity contribution in [3.63, 3.8) is 0 Å². The number of rotatable bonds is 10. The average Bonchev–Trinajstić information content (AvgIpc) is 2.83. The van der Waals surface area contributed by atoms with E-state index in [1.807, 2.05) is 6.92 Å². The molecule has 10 heteroatoms. The van der Waals surface area contributed by atoms with Crippen LogP contribution >= 0.6 is 0 Å². The summed E-state index contributed by atoms with van der Waals surface area (Å²) in [5.41, 5.74) is 5.11. The van der Waals surface area contributed by atoms with E-state index in [2.05, 4.69) is 10.9 Å². The second-order valence-electron chi connectivity index (χ2n) is 6.37. The van der Waals surface area contributed by atoms with E-state index in [4.69, 9.17) is 23.7 Å². The molecule has 2 amide bonds. The van der Waals surface area contributed by atoms with Crippen LogP contribution in [0.2, 0.25) is 0 Å². The molecule has 0 spiro atoms. The Morgan fingerprint density at radius 3 is 2.00 bits per heavy atom. The first-order valence-corrected chi connectivity index (χ1v) is 9.72. The molecule has 172 valence electrons. The number of methoxy groups -OCH3 is 3. The van der Waals surface area contributed by atoms with Gasteiger partial charge in [0.25, 0.3) is 11.8 Å². The normalized spacial score (nSPS) is 10.0. The quantitative estimate of drug-likeness (QED) is 0.421. The zero-order valence-electron chi connectivity index (χ0n) is 18.4. The maximum absolute atomic E-state index is 12.4. The molecule has 0 bridgehead atoms. The van der Waals surface area contributed by atoms with Gasteiger partial charge < -0.3 is 23.7 Å². The molecule has 0 aromatic heterocycles. The van der Waals surface area contributed by atoms with Crippen LogP contribution in [0.4, 0.5) is 0 Å². The highest BCUT2D eigenvalue weighted by molar-refractivity contribution is 5.96. The van der Waals surface area contributed by atoms with Gasteiger partial charge in [-0.05, 0) is 42.8 Å². The van der Waals surface area contributed by atoms with Gasteiger partial charge in [0.15, 0.2) is 18.1 Å². The molecule has 0 atom stereocenters. The minimum atomic E-state index is -0.590. The van der Waals surface area contributed by atoms with E-state index >= 15 is 0 Å². The third-order valence-corrected chi connectivity index (χ3v) is 4.14. The Kier molecular flexibility index (Phi) is 9.15. The third-order valence-electron chi connectivity index (χ3n) is 4.14. The van der Waals surface area contributed by atoms with E-state index in [0.29, 0.717) is 35.2 Å². The van der Waals surface area contributed by atoms with Gasteiger partial charge in [0.05, 0.1) is 33.5 Å². The molecule has 2 aromatic carbocycles. The maximum Gasteiger partial charge on any atom is 0.338 e. The Balaban J connectivity index is 1.88. The molecule has 32 heavy (non-hydrogen) atoms. The van der Waals surface area contributed by atoms with E-state index in [1.165, 1.54) is 45.6 Å². The first-order valence-electron chi connectivity index (χ1n) is 9.72. The lowest BCUT2D eigenvalue weighted by Crippen LogP contribution is -2.43. The third kappa shape index (κ3) is 6.53. The maximum atomic E-state index is 12.4. The van der Waals surface area contributed by atoms with Gasteiger partial charge in [0.2, 0.25) is 5.75 Å². The molecule has 0 radical (unpaired) electrons. The summed E-state index contributed by atoms with van der Waals surface area (Å²) < 4.78 is 26.0. The lowest BCUT2D eigenvalue weighted by atomic mass is 10.1. The van der Waals surface area contributed by atoms with E-state index < -0.39 is 17.8 Å². The van der Waals surface area contributed by atoms with Gasteiger partial charge in [-0.25, -0.2) is 4.79 Å². The molecule has 0 heterocycles. The SMILES string of the molecule is CCCOC(=O)c1ccc(OCC(=O)NNC(=O)c2cc(OC)c(OC)c(OC)c2)cc1. The number of amides is 2. The van der Waals surface area contributed by atoms with Crippen molar-refractivity contribution in [2.75, 3.05) is 34.5 Å². The summed E-state index contributed by atoms with van der Waals surface area (Å²) in [6, 6.07) is 9.07. The standard InChI is InChI=1S/C22H26N2O8/c1-5-10-31-22(27)14-6-8-16(9-7-14)32-13-19(25)23-24-21(26)15-11-17(28-2)20(30-4)18(12-15)29-3/h6-9,11-12H,5,10,13H2,1-4H3,(H,23,25)(H,24,26). The van der Waals surface area contributed by atoms with Crippen LogP contribution in [0.15, 0.2) is 36.4 Å². The first-order chi connectivity index (χ1) is 15.4. The Morgan fingerprint density at radius 2 is 1.47 bits per heavy atom. The highest BCUT2D eigenvalue weighted by Gasteiger charge is 2.17.